The largest absolute Gasteiger partial charge is 0.392 e. The maximum Gasteiger partial charge on any atom is 0.172 e. The molecule has 3 N–H and O–H groups in total. The number of Topliss-reactive ketones (excluding diaryl/α,β-unsaturated/α-hetero) is 1. The van der Waals surface area contributed by atoms with E-state index < -0.39 is 6.10 Å². The van der Waals surface area contributed by atoms with Crippen LogP contribution < -0.4 is 0 Å². The molecule has 8 heteroatoms. The molecule has 0 aliphatic carbocycles. The summed E-state index contributed by atoms with van der Waals surface area (Å²) in [7, 11) is 0. The van der Waals surface area contributed by atoms with Gasteiger partial charge in [0.15, 0.2) is 5.78 Å². The molecule has 0 saturated heterocycles. The van der Waals surface area contributed by atoms with E-state index >= 15 is 0 Å². The second-order valence-electron chi connectivity index (χ2n) is 7.12. The van der Waals surface area contributed by atoms with Crippen molar-refractivity contribution in [3.05, 3.63) is 65.7 Å². The quantitative estimate of drug-likeness (QED) is 0.261. The van der Waals surface area contributed by atoms with Gasteiger partial charge in [0.05, 0.1) is 36.9 Å². The molecule has 2 unspecified atom stereocenters. The molecule has 1 aliphatic rings. The molecular weight excluding hydrogens is 500 g/mol. The van der Waals surface area contributed by atoms with Crippen molar-refractivity contribution < 1.29 is 24.9 Å². The molecule has 0 bridgehead atoms. The third-order valence-electron chi connectivity index (χ3n) is 5.02. The lowest BCUT2D eigenvalue weighted by molar-refractivity contribution is 0.0649. The second-order valence-corrected chi connectivity index (χ2v) is 9.93. The lowest BCUT2D eigenvalue weighted by Crippen LogP contribution is -1.96. The summed E-state index contributed by atoms with van der Waals surface area (Å²) in [6.45, 7) is 6.73. The summed E-state index contributed by atoms with van der Waals surface area (Å²) in [5.41, 5.74) is 3.00. The van der Waals surface area contributed by atoms with Crippen molar-refractivity contribution in [3.63, 3.8) is 0 Å². The molecule has 35 heavy (non-hydrogen) atoms. The van der Waals surface area contributed by atoms with Crippen molar-refractivity contribution in [3.8, 4) is 0 Å². The second kappa shape index (κ2) is 18.8. The van der Waals surface area contributed by atoms with Gasteiger partial charge in [-0.15, -0.1) is 34.0 Å². The summed E-state index contributed by atoms with van der Waals surface area (Å²) < 4.78 is 5.52. The van der Waals surface area contributed by atoms with Gasteiger partial charge in [-0.25, -0.2) is 0 Å². The van der Waals surface area contributed by atoms with Gasteiger partial charge in [-0.1, -0.05) is 43.1 Å². The fourth-order valence-electron chi connectivity index (χ4n) is 3.14. The Bertz CT molecular complexity index is 944. The number of carbonyl (C=O) groups is 1. The number of carbonyl (C=O) groups excluding carboxylic acids is 1. The standard InChI is InChI=1S/C8H12O2S.C8H10O2S.C8H10OS.3CH4/c2*1-2-7(10)8-6(5-9)3-4-11-8;1-2-7-8-6(5-9-7)3-4-10-8;;;/h3-4,7,9-10H,2,5H2,1H3;3-4,9H,2,5H2,1H3;3-4,7H,2,5H2,1H3;3*1H4. The van der Waals surface area contributed by atoms with E-state index in [1.807, 2.05) is 42.0 Å². The Labute approximate surface area is 224 Å². The van der Waals surface area contributed by atoms with Crippen LogP contribution in [0.1, 0.15) is 111 Å². The molecule has 200 valence electrons. The monoisotopic (exact) mass is 544 g/mol. The summed E-state index contributed by atoms with van der Waals surface area (Å²) in [4.78, 5) is 14.2. The first-order valence-corrected chi connectivity index (χ1v) is 13.4. The highest BCUT2D eigenvalue weighted by molar-refractivity contribution is 7.12. The number of aliphatic hydroxyl groups excluding tert-OH is 3. The Kier molecular flexibility index (Phi) is 19.2. The topological polar surface area (TPSA) is 87.0 Å². The van der Waals surface area contributed by atoms with E-state index in [0.29, 0.717) is 23.8 Å². The van der Waals surface area contributed by atoms with E-state index in [1.165, 1.54) is 33.1 Å². The van der Waals surface area contributed by atoms with E-state index in [4.69, 9.17) is 14.9 Å². The molecule has 2 atom stereocenters. The van der Waals surface area contributed by atoms with Crippen LogP contribution in [0.3, 0.4) is 0 Å². The minimum Gasteiger partial charge on any atom is -0.392 e. The van der Waals surface area contributed by atoms with Crippen LogP contribution in [0.25, 0.3) is 0 Å². The minimum atomic E-state index is -0.405. The third kappa shape index (κ3) is 9.88. The van der Waals surface area contributed by atoms with Gasteiger partial charge in [0, 0.05) is 16.2 Å². The lowest BCUT2D eigenvalue weighted by atomic mass is 10.1. The van der Waals surface area contributed by atoms with Crippen LogP contribution in [0.2, 0.25) is 0 Å². The van der Waals surface area contributed by atoms with Gasteiger partial charge in [0.25, 0.3) is 0 Å². The van der Waals surface area contributed by atoms with E-state index in [-0.39, 0.29) is 41.3 Å². The van der Waals surface area contributed by atoms with Crippen molar-refractivity contribution in [1.82, 2.24) is 0 Å². The van der Waals surface area contributed by atoms with Crippen LogP contribution in [-0.4, -0.2) is 21.1 Å². The summed E-state index contributed by atoms with van der Waals surface area (Å²) in [6.07, 6.45) is 2.31. The van der Waals surface area contributed by atoms with Crippen LogP contribution in [-0.2, 0) is 24.6 Å². The van der Waals surface area contributed by atoms with E-state index in [2.05, 4.69) is 18.4 Å². The first-order valence-electron chi connectivity index (χ1n) is 10.7. The number of hydrogen-bond donors (Lipinski definition) is 3. The van der Waals surface area contributed by atoms with Gasteiger partial charge in [-0.05, 0) is 63.9 Å². The Balaban J connectivity index is 0. The lowest BCUT2D eigenvalue weighted by Gasteiger charge is -2.06. The van der Waals surface area contributed by atoms with Gasteiger partial charge in [0.2, 0.25) is 0 Å². The van der Waals surface area contributed by atoms with Crippen molar-refractivity contribution in [2.24, 2.45) is 0 Å². The number of fused-ring (bicyclic) bond motifs is 1. The van der Waals surface area contributed by atoms with Gasteiger partial charge in [-0.3, -0.25) is 4.79 Å². The van der Waals surface area contributed by atoms with Crippen LogP contribution in [0.15, 0.2) is 34.3 Å². The summed E-state index contributed by atoms with van der Waals surface area (Å²) in [5, 5.41) is 32.9. The van der Waals surface area contributed by atoms with Crippen molar-refractivity contribution in [2.45, 2.75) is 94.3 Å². The fourth-order valence-corrected chi connectivity index (χ4v) is 6.10. The Morgan fingerprint density at radius 3 is 2.14 bits per heavy atom. The normalized spacial score (nSPS) is 13.9. The molecule has 1 aliphatic heterocycles. The number of thiophene rings is 3. The van der Waals surface area contributed by atoms with Gasteiger partial charge in [-0.2, -0.15) is 0 Å². The highest BCUT2D eigenvalue weighted by Crippen LogP contribution is 2.36. The van der Waals surface area contributed by atoms with Gasteiger partial charge < -0.3 is 20.1 Å². The Morgan fingerprint density at radius 1 is 0.971 bits per heavy atom. The predicted molar refractivity (Wildman–Crippen MR) is 153 cm³/mol. The molecule has 0 aromatic carbocycles. The van der Waals surface area contributed by atoms with E-state index in [0.717, 1.165) is 29.0 Å². The Hall–Kier alpha value is -1.39. The van der Waals surface area contributed by atoms with E-state index in [1.54, 1.807) is 6.07 Å². The van der Waals surface area contributed by atoms with Gasteiger partial charge in [0.1, 0.15) is 0 Å². The zero-order chi connectivity index (χ0) is 23.5. The first kappa shape index (κ1) is 35.8. The molecular formula is C27H44O5S3. The zero-order valence-corrected chi connectivity index (χ0v) is 21.2. The zero-order valence-electron chi connectivity index (χ0n) is 18.7. The fraction of sp³-hybridized carbons (Fsp3) is 0.519. The molecule has 5 nitrogen and oxygen atoms in total. The first-order chi connectivity index (χ1) is 15.5. The third-order valence-corrected chi connectivity index (χ3v) is 8.13. The molecule has 0 radical (unpaired) electrons. The molecule has 0 amide bonds. The number of ether oxygens (including phenoxy) is 1. The molecule has 0 spiro atoms. The molecule has 3 aromatic rings. The van der Waals surface area contributed by atoms with Crippen LogP contribution >= 0.6 is 34.0 Å². The van der Waals surface area contributed by atoms with Gasteiger partial charge >= 0.3 is 0 Å². The Morgan fingerprint density at radius 2 is 1.57 bits per heavy atom. The molecule has 0 fully saturated rings. The summed E-state index contributed by atoms with van der Waals surface area (Å²) >= 11 is 4.71. The highest BCUT2D eigenvalue weighted by atomic mass is 32.1. The molecule has 3 aromatic heterocycles. The number of ketones is 1. The van der Waals surface area contributed by atoms with Crippen LogP contribution in [0.5, 0.6) is 0 Å². The predicted octanol–water partition coefficient (Wildman–Crippen LogP) is 8.15. The maximum absolute atomic E-state index is 11.2. The average Bonchev–Trinajstić information content (AvgIpc) is 3.61. The molecule has 0 saturated carbocycles. The number of rotatable bonds is 7. The van der Waals surface area contributed by atoms with Crippen molar-refractivity contribution in [1.29, 1.82) is 0 Å². The minimum absolute atomic E-state index is 0. The van der Waals surface area contributed by atoms with Crippen LogP contribution in [0, 0.1) is 0 Å². The summed E-state index contributed by atoms with van der Waals surface area (Å²) in [6, 6.07) is 5.79. The maximum atomic E-state index is 11.2. The van der Waals surface area contributed by atoms with Crippen molar-refractivity contribution >= 4 is 39.8 Å². The van der Waals surface area contributed by atoms with Crippen LogP contribution in [0.4, 0.5) is 0 Å². The van der Waals surface area contributed by atoms with E-state index in [9.17, 15) is 9.90 Å². The summed E-state index contributed by atoms with van der Waals surface area (Å²) in [5.74, 6) is 0.115. The molecule has 4 rings (SSSR count). The SMILES string of the molecule is C.C.C.CCC(=O)c1sccc1CO.CCC(O)c1sccc1CO.CCC1OCc2ccsc21. The van der Waals surface area contributed by atoms with Crippen molar-refractivity contribution in [2.75, 3.05) is 0 Å². The molecule has 4 heterocycles. The highest BCUT2D eigenvalue weighted by Gasteiger charge is 2.22. The number of hydrogen-bond acceptors (Lipinski definition) is 8. The smallest absolute Gasteiger partial charge is 0.172 e. The number of aliphatic hydroxyl groups is 3. The average molecular weight is 545 g/mol.